The molecule has 3 aromatic rings. The van der Waals surface area contributed by atoms with Crippen molar-refractivity contribution in [3.8, 4) is 0 Å². The second kappa shape index (κ2) is 16.4. The first-order valence-corrected chi connectivity index (χ1v) is 14.8. The van der Waals surface area contributed by atoms with Crippen molar-refractivity contribution in [3.05, 3.63) is 59.7 Å². The van der Waals surface area contributed by atoms with Crippen molar-refractivity contribution in [2.24, 2.45) is 0 Å². The second-order valence-corrected chi connectivity index (χ2v) is 10.7. The molecule has 4 rings (SSSR count). The normalized spacial score (nSPS) is 12.8. The molecule has 1 aliphatic carbocycles. The van der Waals surface area contributed by atoms with Gasteiger partial charge in [-0.3, -0.25) is 4.79 Å². The van der Waals surface area contributed by atoms with Crippen LogP contribution in [0.3, 0.4) is 0 Å². The predicted octanol–water partition coefficient (Wildman–Crippen LogP) is 10.4. The van der Waals surface area contributed by atoms with Crippen LogP contribution >= 0.6 is 0 Å². The number of aryl methyl sites for hydroxylation is 2. The lowest BCUT2D eigenvalue weighted by atomic mass is 9.86. The zero-order valence-corrected chi connectivity index (χ0v) is 22.7. The molecule has 0 heterocycles. The number of carboxylic acids is 1. The van der Waals surface area contributed by atoms with Crippen LogP contribution in [0, 0.1) is 0 Å². The molecule has 0 amide bonds. The Balaban J connectivity index is 0.000000201. The minimum atomic E-state index is -0.655. The number of carbonyl (C=O) groups is 1. The van der Waals surface area contributed by atoms with E-state index in [4.69, 9.17) is 5.11 Å². The van der Waals surface area contributed by atoms with Crippen molar-refractivity contribution in [1.29, 1.82) is 0 Å². The summed E-state index contributed by atoms with van der Waals surface area (Å²) in [5, 5.41) is 14.1. The maximum absolute atomic E-state index is 10.3. The molecule has 0 spiro atoms. The topological polar surface area (TPSA) is 37.3 Å². The molecular formula is C34H48O2. The van der Waals surface area contributed by atoms with Gasteiger partial charge in [0.25, 0.3) is 0 Å². The van der Waals surface area contributed by atoms with Gasteiger partial charge in [0.2, 0.25) is 0 Å². The number of carboxylic acid groups (broad SMARTS) is 1. The maximum Gasteiger partial charge on any atom is 0.303 e. The van der Waals surface area contributed by atoms with Gasteiger partial charge in [-0.2, -0.15) is 0 Å². The first-order chi connectivity index (χ1) is 17.7. The average Bonchev–Trinajstić information content (AvgIpc) is 2.91. The molecule has 2 nitrogen and oxygen atoms in total. The van der Waals surface area contributed by atoms with E-state index < -0.39 is 5.97 Å². The Kier molecular flexibility index (Phi) is 12.9. The smallest absolute Gasteiger partial charge is 0.303 e. The lowest BCUT2D eigenvalue weighted by Gasteiger charge is -2.18. The fourth-order valence-electron chi connectivity index (χ4n) is 5.64. The third kappa shape index (κ3) is 9.26. The van der Waals surface area contributed by atoms with Crippen molar-refractivity contribution in [1.82, 2.24) is 0 Å². The van der Waals surface area contributed by atoms with Crippen molar-refractivity contribution >= 4 is 27.5 Å². The van der Waals surface area contributed by atoms with E-state index in [9.17, 15) is 4.79 Å². The Morgan fingerprint density at radius 2 is 1.22 bits per heavy atom. The molecule has 1 N–H and O–H groups in total. The van der Waals surface area contributed by atoms with Gasteiger partial charge in [0.05, 0.1) is 0 Å². The molecule has 0 radical (unpaired) electrons. The molecule has 196 valence electrons. The van der Waals surface area contributed by atoms with Crippen LogP contribution in [0.15, 0.2) is 48.5 Å². The molecule has 0 atom stereocenters. The maximum atomic E-state index is 10.3. The molecule has 0 bridgehead atoms. The molecule has 0 aromatic heterocycles. The van der Waals surface area contributed by atoms with Gasteiger partial charge in [0.15, 0.2) is 0 Å². The van der Waals surface area contributed by atoms with E-state index in [-0.39, 0.29) is 0 Å². The molecule has 0 saturated carbocycles. The van der Waals surface area contributed by atoms with E-state index in [1.165, 1.54) is 118 Å². The first kappa shape index (κ1) is 28.2. The molecule has 3 aromatic carbocycles. The highest BCUT2D eigenvalue weighted by Gasteiger charge is 2.13. The van der Waals surface area contributed by atoms with E-state index in [0.717, 1.165) is 12.8 Å². The molecule has 36 heavy (non-hydrogen) atoms. The average molecular weight is 489 g/mol. The first-order valence-electron chi connectivity index (χ1n) is 14.8. The Hall–Kier alpha value is -2.35. The van der Waals surface area contributed by atoms with E-state index in [0.29, 0.717) is 6.42 Å². The van der Waals surface area contributed by atoms with Crippen LogP contribution in [-0.2, 0) is 17.6 Å². The van der Waals surface area contributed by atoms with E-state index in [2.05, 4.69) is 55.5 Å². The zero-order valence-electron chi connectivity index (χ0n) is 22.7. The summed E-state index contributed by atoms with van der Waals surface area (Å²) in [6.45, 7) is 2.26. The third-order valence-corrected chi connectivity index (χ3v) is 7.75. The number of unbranched alkanes of at least 4 members (excludes halogenated alkanes) is 12. The minimum absolute atomic E-state index is 0.345. The fourth-order valence-corrected chi connectivity index (χ4v) is 5.64. The van der Waals surface area contributed by atoms with E-state index >= 15 is 0 Å². The highest BCUT2D eigenvalue weighted by atomic mass is 16.4. The summed E-state index contributed by atoms with van der Waals surface area (Å²) < 4.78 is 0. The lowest BCUT2D eigenvalue weighted by molar-refractivity contribution is -0.137. The summed E-state index contributed by atoms with van der Waals surface area (Å²) in [6, 6.07) is 18.0. The van der Waals surface area contributed by atoms with E-state index in [1.807, 2.05) is 0 Å². The fraction of sp³-hybridized carbons (Fsp3) is 0.559. The van der Waals surface area contributed by atoms with Crippen LogP contribution in [0.2, 0.25) is 0 Å². The van der Waals surface area contributed by atoms with Gasteiger partial charge < -0.3 is 5.11 Å². The van der Waals surface area contributed by atoms with Gasteiger partial charge in [-0.1, -0.05) is 133 Å². The van der Waals surface area contributed by atoms with E-state index in [1.54, 1.807) is 11.1 Å². The molecular weight excluding hydrogens is 440 g/mol. The summed E-state index contributed by atoms with van der Waals surface area (Å²) in [5.41, 5.74) is 3.17. The van der Waals surface area contributed by atoms with Crippen molar-refractivity contribution < 1.29 is 9.90 Å². The van der Waals surface area contributed by atoms with Crippen LogP contribution in [0.25, 0.3) is 21.5 Å². The van der Waals surface area contributed by atoms with Gasteiger partial charge in [-0.15, -0.1) is 0 Å². The number of hydrogen-bond acceptors (Lipinski definition) is 1. The molecule has 0 unspecified atom stereocenters. The van der Waals surface area contributed by atoms with Gasteiger partial charge in [0.1, 0.15) is 0 Å². The second-order valence-electron chi connectivity index (χ2n) is 10.7. The number of rotatable bonds is 14. The van der Waals surface area contributed by atoms with Crippen LogP contribution in [0.5, 0.6) is 0 Å². The molecule has 2 heteroatoms. The zero-order chi connectivity index (χ0) is 25.4. The van der Waals surface area contributed by atoms with Gasteiger partial charge in [-0.05, 0) is 64.8 Å². The Morgan fingerprint density at radius 1 is 0.639 bits per heavy atom. The van der Waals surface area contributed by atoms with Gasteiger partial charge in [-0.25, -0.2) is 0 Å². The van der Waals surface area contributed by atoms with Gasteiger partial charge in [0, 0.05) is 6.42 Å². The minimum Gasteiger partial charge on any atom is -0.481 e. The van der Waals surface area contributed by atoms with Crippen LogP contribution in [0.1, 0.15) is 121 Å². The lowest BCUT2D eigenvalue weighted by Crippen LogP contribution is -2.02. The van der Waals surface area contributed by atoms with Crippen molar-refractivity contribution in [2.75, 3.05) is 0 Å². The van der Waals surface area contributed by atoms with Crippen LogP contribution in [-0.4, -0.2) is 11.1 Å². The van der Waals surface area contributed by atoms with Crippen LogP contribution in [0.4, 0.5) is 0 Å². The summed E-state index contributed by atoms with van der Waals surface area (Å²) in [4.78, 5) is 10.3. The summed E-state index contributed by atoms with van der Waals surface area (Å²) >= 11 is 0. The quantitative estimate of drug-likeness (QED) is 0.181. The highest BCUT2D eigenvalue weighted by molar-refractivity contribution is 6.08. The summed E-state index contributed by atoms with van der Waals surface area (Å²) in [6.07, 6.45) is 22.5. The van der Waals surface area contributed by atoms with Crippen molar-refractivity contribution in [2.45, 2.75) is 122 Å². The Morgan fingerprint density at radius 3 is 1.89 bits per heavy atom. The molecule has 0 fully saturated rings. The largest absolute Gasteiger partial charge is 0.481 e. The highest BCUT2D eigenvalue weighted by Crippen LogP contribution is 2.33. The number of benzene rings is 3. The Labute approximate surface area is 219 Å². The summed E-state index contributed by atoms with van der Waals surface area (Å²) in [7, 11) is 0. The summed E-state index contributed by atoms with van der Waals surface area (Å²) in [5.74, 6) is -0.655. The Bertz CT molecular complexity index is 1050. The molecule has 0 saturated heterocycles. The van der Waals surface area contributed by atoms with Crippen LogP contribution < -0.4 is 0 Å². The van der Waals surface area contributed by atoms with Crippen molar-refractivity contribution in [3.63, 3.8) is 0 Å². The molecule has 1 aliphatic rings. The third-order valence-electron chi connectivity index (χ3n) is 7.75. The number of aliphatic carboxylic acids is 1. The SMILES string of the molecule is CCCCCCCCCCCCCCCC(=O)O.c1ccc2c(c1)ccc1c3c(ccc12)CCCC3. The molecule has 0 aliphatic heterocycles. The predicted molar refractivity (Wildman–Crippen MR) is 156 cm³/mol. The standard InChI is InChI=1S/C18H16.C16H32O2/c1-3-7-15-13(5-1)9-11-18-16-8-4-2-6-14(16)10-12-17(15)18;1-2-3-4-5-6-7-8-9-10-11-12-13-14-15-16(17)18/h1,3,5,7,9-12H,2,4,6,8H2;2-15H2,1H3,(H,17,18). The van der Waals surface area contributed by atoms with Gasteiger partial charge >= 0.3 is 5.97 Å². The number of fused-ring (bicyclic) bond motifs is 5. The monoisotopic (exact) mass is 488 g/mol. The number of hydrogen-bond donors (Lipinski definition) is 1.